The first-order valence-electron chi connectivity index (χ1n) is 7.58. The van der Waals surface area contributed by atoms with Gasteiger partial charge in [-0.05, 0) is 47.5 Å². The monoisotopic (exact) mass is 296 g/mol. The molecule has 21 heavy (non-hydrogen) atoms. The minimum atomic E-state index is -0.546. The summed E-state index contributed by atoms with van der Waals surface area (Å²) in [7, 11) is 0. The Kier molecular flexibility index (Phi) is 5.81. The number of hydrogen-bond acceptors (Lipinski definition) is 3. The van der Waals surface area contributed by atoms with E-state index in [2.05, 4.69) is 6.58 Å². The summed E-state index contributed by atoms with van der Waals surface area (Å²) in [4.78, 5) is 28.2. The van der Waals surface area contributed by atoms with Gasteiger partial charge in [0.1, 0.15) is 11.6 Å². The van der Waals surface area contributed by atoms with Gasteiger partial charge in [-0.25, -0.2) is 4.79 Å². The van der Waals surface area contributed by atoms with Crippen LogP contribution in [0.2, 0.25) is 0 Å². The van der Waals surface area contributed by atoms with Gasteiger partial charge in [0.05, 0.1) is 0 Å². The van der Waals surface area contributed by atoms with Crippen molar-refractivity contribution in [2.45, 2.75) is 59.1 Å². The predicted octanol–water partition coefficient (Wildman–Crippen LogP) is 2.81. The quantitative estimate of drug-likeness (QED) is 0.750. The van der Waals surface area contributed by atoms with Crippen LogP contribution in [0.1, 0.15) is 47.5 Å². The van der Waals surface area contributed by atoms with Crippen LogP contribution < -0.4 is 0 Å². The Balaban J connectivity index is 2.78. The number of likely N-dealkylation sites (N-methyl/N-ethyl adjacent to an activating group) is 1. The van der Waals surface area contributed by atoms with Crippen molar-refractivity contribution in [3.05, 3.63) is 12.2 Å². The third-order valence-corrected chi connectivity index (χ3v) is 3.32. The molecule has 1 aliphatic rings. The first-order chi connectivity index (χ1) is 9.65. The highest BCUT2D eigenvalue weighted by Gasteiger charge is 2.38. The van der Waals surface area contributed by atoms with Gasteiger partial charge < -0.3 is 9.64 Å². The molecule has 1 heterocycles. The zero-order valence-corrected chi connectivity index (χ0v) is 13.9. The molecule has 1 fully saturated rings. The second-order valence-corrected chi connectivity index (χ2v) is 6.64. The second kappa shape index (κ2) is 6.96. The molecule has 2 amide bonds. The van der Waals surface area contributed by atoms with Gasteiger partial charge in [-0.2, -0.15) is 0 Å². The summed E-state index contributed by atoms with van der Waals surface area (Å²) in [6, 6.07) is -0.404. The molecule has 0 bridgehead atoms. The van der Waals surface area contributed by atoms with E-state index in [0.717, 1.165) is 12.0 Å². The second-order valence-electron chi connectivity index (χ2n) is 6.64. The fourth-order valence-electron chi connectivity index (χ4n) is 2.44. The third kappa shape index (κ3) is 5.06. The Bertz CT molecular complexity index is 412. The summed E-state index contributed by atoms with van der Waals surface area (Å²) in [6.45, 7) is 14.9. The molecule has 0 aromatic heterocycles. The highest BCUT2D eigenvalue weighted by atomic mass is 16.6. The van der Waals surface area contributed by atoms with E-state index in [1.165, 1.54) is 0 Å². The Morgan fingerprint density at radius 1 is 1.38 bits per heavy atom. The van der Waals surface area contributed by atoms with Crippen LogP contribution >= 0.6 is 0 Å². The minimum Gasteiger partial charge on any atom is -0.444 e. The van der Waals surface area contributed by atoms with Crippen molar-refractivity contribution in [3.8, 4) is 0 Å². The summed E-state index contributed by atoms with van der Waals surface area (Å²) < 4.78 is 5.40. The largest absolute Gasteiger partial charge is 0.444 e. The van der Waals surface area contributed by atoms with Gasteiger partial charge in [-0.15, -0.1) is 0 Å². The van der Waals surface area contributed by atoms with Crippen LogP contribution in [0.15, 0.2) is 12.2 Å². The zero-order valence-electron chi connectivity index (χ0n) is 13.9. The molecule has 0 aromatic rings. The number of amides is 2. The van der Waals surface area contributed by atoms with E-state index in [-0.39, 0.29) is 5.91 Å². The third-order valence-electron chi connectivity index (χ3n) is 3.32. The first kappa shape index (κ1) is 17.5. The molecule has 1 aliphatic heterocycles. The molecule has 1 unspecified atom stereocenters. The van der Waals surface area contributed by atoms with Crippen molar-refractivity contribution in [1.29, 1.82) is 0 Å². The molecule has 0 aromatic carbocycles. The molecule has 1 saturated heterocycles. The van der Waals surface area contributed by atoms with Crippen LogP contribution in [-0.2, 0) is 9.53 Å². The van der Waals surface area contributed by atoms with Crippen molar-refractivity contribution >= 4 is 12.0 Å². The topological polar surface area (TPSA) is 49.9 Å². The molecule has 1 rings (SSSR count). The SMILES string of the molecule is C=C(C)CN(CC)C(=O)C1CCCN1C(=O)OC(C)(C)C. The fraction of sp³-hybridized carbons (Fsp3) is 0.750. The lowest BCUT2D eigenvalue weighted by Gasteiger charge is -2.31. The number of carbonyl (C=O) groups is 2. The van der Waals surface area contributed by atoms with Gasteiger partial charge in [0.25, 0.3) is 0 Å². The maximum absolute atomic E-state index is 12.6. The van der Waals surface area contributed by atoms with Crippen LogP contribution in [-0.4, -0.2) is 53.1 Å². The van der Waals surface area contributed by atoms with E-state index >= 15 is 0 Å². The highest BCUT2D eigenvalue weighted by molar-refractivity contribution is 5.86. The molecule has 5 heteroatoms. The van der Waals surface area contributed by atoms with Crippen molar-refractivity contribution in [1.82, 2.24) is 9.80 Å². The van der Waals surface area contributed by atoms with Crippen molar-refractivity contribution in [2.24, 2.45) is 0 Å². The van der Waals surface area contributed by atoms with Crippen LogP contribution in [0.5, 0.6) is 0 Å². The Morgan fingerprint density at radius 2 is 2.00 bits per heavy atom. The Labute approximate surface area is 127 Å². The number of carbonyl (C=O) groups excluding carboxylic acids is 2. The van der Waals surface area contributed by atoms with Gasteiger partial charge in [-0.3, -0.25) is 9.69 Å². The molecule has 120 valence electrons. The first-order valence-corrected chi connectivity index (χ1v) is 7.58. The molecule has 0 saturated carbocycles. The summed E-state index contributed by atoms with van der Waals surface area (Å²) in [5, 5.41) is 0. The molecule has 1 atom stereocenters. The lowest BCUT2D eigenvalue weighted by molar-refractivity contribution is -0.135. The maximum atomic E-state index is 12.6. The van der Waals surface area contributed by atoms with Gasteiger partial charge in [0.2, 0.25) is 5.91 Å². The van der Waals surface area contributed by atoms with Crippen LogP contribution in [0, 0.1) is 0 Å². The Hall–Kier alpha value is -1.52. The Morgan fingerprint density at radius 3 is 2.48 bits per heavy atom. The van der Waals surface area contributed by atoms with E-state index in [1.54, 1.807) is 9.80 Å². The molecule has 0 spiro atoms. The fourth-order valence-corrected chi connectivity index (χ4v) is 2.44. The average Bonchev–Trinajstić information content (AvgIpc) is 2.81. The molecule has 0 aliphatic carbocycles. The summed E-state index contributed by atoms with van der Waals surface area (Å²) in [5.74, 6) is -0.0103. The van der Waals surface area contributed by atoms with Gasteiger partial charge in [0, 0.05) is 19.6 Å². The molecular weight excluding hydrogens is 268 g/mol. The van der Waals surface area contributed by atoms with E-state index in [1.807, 2.05) is 34.6 Å². The summed E-state index contributed by atoms with van der Waals surface area (Å²) >= 11 is 0. The van der Waals surface area contributed by atoms with E-state index in [0.29, 0.717) is 26.1 Å². The van der Waals surface area contributed by atoms with Crippen LogP contribution in [0.4, 0.5) is 4.79 Å². The number of ether oxygens (including phenoxy) is 1. The lowest BCUT2D eigenvalue weighted by Crippen LogP contribution is -2.49. The lowest BCUT2D eigenvalue weighted by atomic mass is 10.1. The van der Waals surface area contributed by atoms with E-state index in [9.17, 15) is 9.59 Å². The normalized spacial score (nSPS) is 18.5. The molecule has 0 N–H and O–H groups in total. The summed E-state index contributed by atoms with van der Waals surface area (Å²) in [6.07, 6.45) is 1.13. The average molecular weight is 296 g/mol. The maximum Gasteiger partial charge on any atom is 0.410 e. The molecular formula is C16H28N2O3. The molecule has 0 radical (unpaired) electrons. The smallest absolute Gasteiger partial charge is 0.410 e. The predicted molar refractivity (Wildman–Crippen MR) is 83.0 cm³/mol. The standard InChI is InChI=1S/C16H28N2O3/c1-7-17(11-12(2)3)14(19)13-9-8-10-18(13)15(20)21-16(4,5)6/h13H,2,7-11H2,1,3-6H3. The van der Waals surface area contributed by atoms with Crippen LogP contribution in [0.3, 0.4) is 0 Å². The number of hydrogen-bond donors (Lipinski definition) is 0. The van der Waals surface area contributed by atoms with E-state index < -0.39 is 17.7 Å². The summed E-state index contributed by atoms with van der Waals surface area (Å²) in [5.41, 5.74) is 0.391. The highest BCUT2D eigenvalue weighted by Crippen LogP contribution is 2.22. The minimum absolute atomic E-state index is 0.0103. The number of likely N-dealkylation sites (tertiary alicyclic amines) is 1. The van der Waals surface area contributed by atoms with Crippen molar-refractivity contribution in [2.75, 3.05) is 19.6 Å². The van der Waals surface area contributed by atoms with E-state index in [4.69, 9.17) is 4.74 Å². The van der Waals surface area contributed by atoms with Gasteiger partial charge >= 0.3 is 6.09 Å². The van der Waals surface area contributed by atoms with Crippen molar-refractivity contribution in [3.63, 3.8) is 0 Å². The molecule has 5 nitrogen and oxygen atoms in total. The van der Waals surface area contributed by atoms with Crippen molar-refractivity contribution < 1.29 is 14.3 Å². The van der Waals surface area contributed by atoms with Gasteiger partial charge in [0.15, 0.2) is 0 Å². The number of rotatable bonds is 4. The zero-order chi connectivity index (χ0) is 16.2. The van der Waals surface area contributed by atoms with Crippen LogP contribution in [0.25, 0.3) is 0 Å². The number of nitrogens with zero attached hydrogens (tertiary/aromatic N) is 2. The van der Waals surface area contributed by atoms with Gasteiger partial charge in [-0.1, -0.05) is 12.2 Å².